The monoisotopic (exact) mass is 176 g/mol. The van der Waals surface area contributed by atoms with Gasteiger partial charge in [0.2, 0.25) is 0 Å². The van der Waals surface area contributed by atoms with Crippen LogP contribution in [0.25, 0.3) is 0 Å². The lowest BCUT2D eigenvalue weighted by molar-refractivity contribution is -0.0611. The van der Waals surface area contributed by atoms with Crippen LogP contribution in [0.4, 0.5) is 0 Å². The van der Waals surface area contributed by atoms with Crippen molar-refractivity contribution < 1.29 is 20.4 Å². The van der Waals surface area contributed by atoms with Crippen LogP contribution < -0.4 is 0 Å². The predicted octanol–water partition coefficient (Wildman–Crippen LogP) is -0.972. The molecule has 0 aliphatic heterocycles. The van der Waals surface area contributed by atoms with Crippen molar-refractivity contribution >= 4 is 0 Å². The molecule has 0 saturated heterocycles. The number of aliphatic hydroxyl groups excluding tert-OH is 4. The molecule has 12 heavy (non-hydrogen) atoms. The summed E-state index contributed by atoms with van der Waals surface area (Å²) >= 11 is 0. The van der Waals surface area contributed by atoms with Gasteiger partial charge in [-0.15, -0.1) is 0 Å². The molecule has 0 aromatic heterocycles. The van der Waals surface area contributed by atoms with Crippen LogP contribution in [-0.2, 0) is 0 Å². The normalized spacial score (nSPS) is 19.4. The summed E-state index contributed by atoms with van der Waals surface area (Å²) in [6.45, 7) is 1.33. The van der Waals surface area contributed by atoms with Crippen molar-refractivity contribution in [2.24, 2.45) is 0 Å². The van der Waals surface area contributed by atoms with Crippen LogP contribution in [0, 0.1) is 0 Å². The zero-order valence-electron chi connectivity index (χ0n) is 7.09. The molecule has 0 fully saturated rings. The lowest BCUT2D eigenvalue weighted by Crippen LogP contribution is -2.38. The highest BCUT2D eigenvalue weighted by molar-refractivity contribution is 4.93. The summed E-state index contributed by atoms with van der Waals surface area (Å²) in [5.74, 6) is 0. The summed E-state index contributed by atoms with van der Waals surface area (Å²) in [6.07, 6.45) is 0.0898. The second kappa shape index (κ2) is 6.14. The van der Waals surface area contributed by atoms with Gasteiger partial charge in [0.1, 0.15) is 18.3 Å². The molecule has 0 radical (unpaired) electrons. The minimum atomic E-state index is -1.32. The van der Waals surface area contributed by atoms with E-state index in [0.717, 1.165) is 6.42 Å². The van der Waals surface area contributed by atoms with Gasteiger partial charge in [-0.2, -0.15) is 0 Å². The highest BCUT2D eigenvalue weighted by Crippen LogP contribution is 2.01. The summed E-state index contributed by atoms with van der Waals surface area (Å²) in [5.41, 5.74) is 0. The second-order valence-electron chi connectivity index (χ2n) is 2.57. The Morgan fingerprint density at radius 1 is 1.25 bits per heavy atom. The van der Waals surface area contributed by atoms with Gasteiger partial charge in [-0.05, 0) is 6.42 Å². The fourth-order valence-electron chi connectivity index (χ4n) is 0.725. The number of hydrogen-bond acceptors (Lipinski definition) is 4. The van der Waals surface area contributed by atoms with Crippen LogP contribution in [-0.4, -0.2) is 45.3 Å². The third-order valence-electron chi connectivity index (χ3n) is 1.50. The molecular formula is C8H16O4. The summed E-state index contributed by atoms with van der Waals surface area (Å²) in [4.78, 5) is 0. The Bertz CT molecular complexity index is 135. The first kappa shape index (κ1) is 11.6. The molecular weight excluding hydrogens is 160 g/mol. The van der Waals surface area contributed by atoms with Crippen molar-refractivity contribution in [3.8, 4) is 0 Å². The summed E-state index contributed by atoms with van der Waals surface area (Å²) in [5, 5.41) is 35.6. The summed E-state index contributed by atoms with van der Waals surface area (Å²) in [7, 11) is 0. The van der Waals surface area contributed by atoms with Gasteiger partial charge >= 0.3 is 0 Å². The van der Waals surface area contributed by atoms with E-state index in [0.29, 0.717) is 0 Å². The molecule has 4 heteroatoms. The second-order valence-corrected chi connectivity index (χ2v) is 2.57. The van der Waals surface area contributed by atoms with Crippen molar-refractivity contribution in [3.05, 3.63) is 12.2 Å². The maximum atomic E-state index is 9.14. The zero-order valence-corrected chi connectivity index (χ0v) is 7.09. The first-order chi connectivity index (χ1) is 5.63. The topological polar surface area (TPSA) is 80.9 Å². The lowest BCUT2D eigenvalue weighted by atomic mass is 10.1. The Morgan fingerprint density at radius 2 is 1.83 bits per heavy atom. The summed E-state index contributed by atoms with van der Waals surface area (Å²) < 4.78 is 0. The Kier molecular flexibility index (Phi) is 5.92. The smallest absolute Gasteiger partial charge is 0.112 e. The molecule has 0 aliphatic carbocycles. The third kappa shape index (κ3) is 3.82. The van der Waals surface area contributed by atoms with E-state index < -0.39 is 24.9 Å². The van der Waals surface area contributed by atoms with E-state index in [1.165, 1.54) is 6.08 Å². The number of allylic oxidation sites excluding steroid dienone is 1. The fraction of sp³-hybridized carbons (Fsp3) is 0.750. The molecule has 0 unspecified atom stereocenters. The minimum absolute atomic E-state index is 0.557. The Hall–Kier alpha value is -0.420. The van der Waals surface area contributed by atoms with Gasteiger partial charge < -0.3 is 20.4 Å². The van der Waals surface area contributed by atoms with E-state index in [2.05, 4.69) is 0 Å². The maximum Gasteiger partial charge on any atom is 0.112 e. The van der Waals surface area contributed by atoms with Crippen LogP contribution in [0.2, 0.25) is 0 Å². The lowest BCUT2D eigenvalue weighted by Gasteiger charge is -2.18. The van der Waals surface area contributed by atoms with E-state index >= 15 is 0 Å². The van der Waals surface area contributed by atoms with Gasteiger partial charge in [0.15, 0.2) is 0 Å². The van der Waals surface area contributed by atoms with E-state index in [9.17, 15) is 0 Å². The Labute approximate surface area is 71.8 Å². The first-order valence-electron chi connectivity index (χ1n) is 3.95. The molecule has 0 rings (SSSR count). The molecule has 0 aromatic rings. The van der Waals surface area contributed by atoms with Gasteiger partial charge in [0, 0.05) is 0 Å². The number of hydrogen-bond donors (Lipinski definition) is 4. The zero-order chi connectivity index (χ0) is 9.56. The first-order valence-corrected chi connectivity index (χ1v) is 3.95. The van der Waals surface area contributed by atoms with Crippen molar-refractivity contribution in [3.63, 3.8) is 0 Å². The molecule has 0 amide bonds. The molecule has 0 spiro atoms. The van der Waals surface area contributed by atoms with Crippen molar-refractivity contribution in [2.75, 3.05) is 6.61 Å². The van der Waals surface area contributed by atoms with Gasteiger partial charge in [-0.3, -0.25) is 0 Å². The Balaban J connectivity index is 3.91. The number of aliphatic hydroxyl groups is 4. The third-order valence-corrected chi connectivity index (χ3v) is 1.50. The SMILES string of the molecule is CCC=C[C@H](O)[C@H](O)[C@H](O)CO. The average molecular weight is 176 g/mol. The molecule has 3 atom stereocenters. The van der Waals surface area contributed by atoms with Gasteiger partial charge in [0.25, 0.3) is 0 Å². The molecule has 0 saturated carbocycles. The predicted molar refractivity (Wildman–Crippen MR) is 44.5 cm³/mol. The molecule has 4 N–H and O–H groups in total. The molecule has 0 bridgehead atoms. The molecule has 4 nitrogen and oxygen atoms in total. The van der Waals surface area contributed by atoms with Crippen molar-refractivity contribution in [1.82, 2.24) is 0 Å². The van der Waals surface area contributed by atoms with E-state index in [-0.39, 0.29) is 0 Å². The van der Waals surface area contributed by atoms with Crippen LogP contribution in [0.1, 0.15) is 13.3 Å². The molecule has 0 aliphatic rings. The Morgan fingerprint density at radius 3 is 2.25 bits per heavy atom. The van der Waals surface area contributed by atoms with E-state index in [1.54, 1.807) is 6.08 Å². The van der Waals surface area contributed by atoms with Gasteiger partial charge in [0.05, 0.1) is 6.61 Å². The number of rotatable bonds is 5. The van der Waals surface area contributed by atoms with Gasteiger partial charge in [-0.1, -0.05) is 19.1 Å². The maximum absolute atomic E-state index is 9.14. The standard InChI is InChI=1S/C8H16O4/c1-2-3-4-6(10)8(12)7(11)5-9/h3-4,6-12H,2,5H2,1H3/t6-,7+,8-/m0/s1. The molecule has 0 aromatic carbocycles. The highest BCUT2D eigenvalue weighted by Gasteiger charge is 2.21. The minimum Gasteiger partial charge on any atom is -0.394 e. The van der Waals surface area contributed by atoms with Crippen LogP contribution in [0.3, 0.4) is 0 Å². The van der Waals surface area contributed by atoms with Crippen LogP contribution in [0.15, 0.2) is 12.2 Å². The molecule has 0 heterocycles. The molecule has 72 valence electrons. The van der Waals surface area contributed by atoms with Crippen molar-refractivity contribution in [1.29, 1.82) is 0 Å². The fourth-order valence-corrected chi connectivity index (χ4v) is 0.725. The highest BCUT2D eigenvalue weighted by atomic mass is 16.4. The van der Waals surface area contributed by atoms with Crippen LogP contribution in [0.5, 0.6) is 0 Å². The van der Waals surface area contributed by atoms with E-state index in [1.807, 2.05) is 6.92 Å². The van der Waals surface area contributed by atoms with Crippen molar-refractivity contribution in [2.45, 2.75) is 31.7 Å². The largest absolute Gasteiger partial charge is 0.394 e. The average Bonchev–Trinajstić information content (AvgIpc) is 2.11. The van der Waals surface area contributed by atoms with Crippen LogP contribution >= 0.6 is 0 Å². The summed E-state index contributed by atoms with van der Waals surface area (Å²) in [6, 6.07) is 0. The quantitative estimate of drug-likeness (QED) is 0.406. The van der Waals surface area contributed by atoms with E-state index in [4.69, 9.17) is 20.4 Å². The van der Waals surface area contributed by atoms with Gasteiger partial charge in [-0.25, -0.2) is 0 Å².